The van der Waals surface area contributed by atoms with Gasteiger partial charge in [-0.25, -0.2) is 19.9 Å². The minimum absolute atomic E-state index is 0.0104. The molecule has 4 atom stereocenters. The smallest absolute Gasteiger partial charge is 0.189 e. The van der Waals surface area contributed by atoms with Crippen LogP contribution in [0.1, 0.15) is 42.6 Å². The molecule has 11 heteroatoms. The monoisotopic (exact) mass is 526 g/mol. The zero-order valence-corrected chi connectivity index (χ0v) is 22.6. The Hall–Kier alpha value is -2.18. The Kier molecular flexibility index (Phi) is 5.80. The lowest BCUT2D eigenvalue weighted by atomic mass is 10.1. The van der Waals surface area contributed by atoms with Crippen LogP contribution in [0.4, 0.5) is 5.82 Å². The van der Waals surface area contributed by atoms with E-state index in [0.717, 1.165) is 54.6 Å². The first-order valence-corrected chi connectivity index (χ1v) is 14.4. The summed E-state index contributed by atoms with van der Waals surface area (Å²) in [5, 5.41) is 8.46. The zero-order chi connectivity index (χ0) is 24.3. The van der Waals surface area contributed by atoms with Crippen LogP contribution in [0.25, 0.3) is 20.8 Å². The van der Waals surface area contributed by atoms with Crippen LogP contribution in [0.5, 0.6) is 0 Å². The van der Waals surface area contributed by atoms with Crippen molar-refractivity contribution in [2.24, 2.45) is 0 Å². The van der Waals surface area contributed by atoms with Crippen LogP contribution < -0.4 is 5.32 Å². The van der Waals surface area contributed by atoms with Gasteiger partial charge in [-0.2, -0.15) is 0 Å². The van der Waals surface area contributed by atoms with E-state index in [1.54, 1.807) is 22.7 Å². The van der Waals surface area contributed by atoms with Gasteiger partial charge in [-0.15, -0.1) is 22.7 Å². The van der Waals surface area contributed by atoms with E-state index in [0.29, 0.717) is 0 Å². The normalized spacial score (nSPS) is 25.3. The van der Waals surface area contributed by atoms with Crippen LogP contribution >= 0.6 is 34.4 Å². The Bertz CT molecular complexity index is 1390. The lowest BCUT2D eigenvalue weighted by molar-refractivity contribution is -0.153. The SMILES string of the molecule is CSc1nc(C)c(-c2nc3c(C)nccc3s2)c(N[C@@H]2C[C@H](c3nccs3)[C@H]3OC(C)(C)O[C@H]32)n1. The van der Waals surface area contributed by atoms with Crippen LogP contribution in [-0.2, 0) is 9.47 Å². The third-order valence-corrected chi connectivity index (χ3v) is 9.00. The molecule has 4 aromatic rings. The van der Waals surface area contributed by atoms with E-state index in [4.69, 9.17) is 24.4 Å². The van der Waals surface area contributed by atoms with E-state index in [9.17, 15) is 0 Å². The molecular weight excluding hydrogens is 501 g/mol. The maximum Gasteiger partial charge on any atom is 0.189 e. The number of aromatic nitrogens is 5. The maximum atomic E-state index is 6.40. The highest BCUT2D eigenvalue weighted by Crippen LogP contribution is 2.48. The van der Waals surface area contributed by atoms with Gasteiger partial charge in [0.1, 0.15) is 22.4 Å². The Morgan fingerprint density at radius 3 is 2.63 bits per heavy atom. The summed E-state index contributed by atoms with van der Waals surface area (Å²) in [4.78, 5) is 23.6. The number of nitrogens with one attached hydrogen (secondary N) is 1. The zero-order valence-electron chi connectivity index (χ0n) is 20.1. The Balaban J connectivity index is 1.41. The first kappa shape index (κ1) is 23.2. The van der Waals surface area contributed by atoms with E-state index in [2.05, 4.69) is 15.3 Å². The number of ether oxygens (including phenoxy) is 2. The third-order valence-electron chi connectivity index (χ3n) is 6.51. The number of anilines is 1. The number of aryl methyl sites for hydroxylation is 2. The predicted octanol–water partition coefficient (Wildman–Crippen LogP) is 5.43. The molecule has 1 saturated heterocycles. The second-order valence-corrected chi connectivity index (χ2v) is 12.0. The van der Waals surface area contributed by atoms with Crippen molar-refractivity contribution in [3.05, 3.63) is 40.2 Å². The number of hydrogen-bond acceptors (Lipinski definition) is 11. The highest BCUT2D eigenvalue weighted by atomic mass is 32.2. The van der Waals surface area contributed by atoms with Crippen molar-refractivity contribution in [3.63, 3.8) is 0 Å². The van der Waals surface area contributed by atoms with Crippen molar-refractivity contribution in [3.8, 4) is 10.6 Å². The molecule has 182 valence electrons. The van der Waals surface area contributed by atoms with E-state index in [1.165, 1.54) is 11.8 Å². The number of pyridine rings is 1. The summed E-state index contributed by atoms with van der Waals surface area (Å²) in [5.41, 5.74) is 3.66. The fraction of sp³-hybridized carbons (Fsp3) is 0.458. The molecule has 0 aromatic carbocycles. The van der Waals surface area contributed by atoms with Crippen molar-refractivity contribution < 1.29 is 9.47 Å². The first-order chi connectivity index (χ1) is 16.8. The Morgan fingerprint density at radius 2 is 1.89 bits per heavy atom. The number of hydrogen-bond donors (Lipinski definition) is 1. The van der Waals surface area contributed by atoms with Gasteiger partial charge in [-0.1, -0.05) is 11.8 Å². The van der Waals surface area contributed by atoms with E-state index in [-0.39, 0.29) is 24.2 Å². The highest BCUT2D eigenvalue weighted by molar-refractivity contribution is 7.98. The average Bonchev–Trinajstić information content (AvgIpc) is 3.58. The summed E-state index contributed by atoms with van der Waals surface area (Å²) in [6.07, 6.45) is 6.36. The lowest BCUT2D eigenvalue weighted by Crippen LogP contribution is -2.35. The van der Waals surface area contributed by atoms with Crippen molar-refractivity contribution in [2.45, 2.75) is 69.2 Å². The fourth-order valence-corrected chi connectivity index (χ4v) is 7.35. The lowest BCUT2D eigenvalue weighted by Gasteiger charge is -2.24. The minimum atomic E-state index is -0.641. The molecule has 0 bridgehead atoms. The van der Waals surface area contributed by atoms with Crippen LogP contribution in [0.3, 0.4) is 0 Å². The van der Waals surface area contributed by atoms with Gasteiger partial charge in [0, 0.05) is 23.7 Å². The molecule has 1 aliphatic heterocycles. The molecule has 2 aliphatic rings. The summed E-state index contributed by atoms with van der Waals surface area (Å²) < 4.78 is 13.9. The maximum absolute atomic E-state index is 6.40. The second kappa shape index (κ2) is 8.74. The van der Waals surface area contributed by atoms with Crippen molar-refractivity contribution in [1.82, 2.24) is 24.9 Å². The molecule has 1 N–H and O–H groups in total. The number of nitrogens with zero attached hydrogens (tertiary/aromatic N) is 5. The van der Waals surface area contributed by atoms with Gasteiger partial charge in [0.2, 0.25) is 0 Å². The van der Waals surface area contributed by atoms with Crippen molar-refractivity contribution in [1.29, 1.82) is 0 Å². The second-order valence-electron chi connectivity index (χ2n) is 9.31. The van der Waals surface area contributed by atoms with E-state index >= 15 is 0 Å². The van der Waals surface area contributed by atoms with Gasteiger partial charge >= 0.3 is 0 Å². The number of thiazole rings is 2. The van der Waals surface area contributed by atoms with Crippen molar-refractivity contribution in [2.75, 3.05) is 11.6 Å². The van der Waals surface area contributed by atoms with Gasteiger partial charge in [-0.05, 0) is 46.4 Å². The third kappa shape index (κ3) is 4.13. The molecule has 1 aliphatic carbocycles. The average molecular weight is 527 g/mol. The molecule has 8 nitrogen and oxygen atoms in total. The summed E-state index contributed by atoms with van der Waals surface area (Å²) >= 11 is 4.84. The minimum Gasteiger partial charge on any atom is -0.364 e. The van der Waals surface area contributed by atoms with Crippen LogP contribution in [-0.4, -0.2) is 55.2 Å². The van der Waals surface area contributed by atoms with Crippen molar-refractivity contribution >= 4 is 50.5 Å². The molecule has 0 amide bonds. The molecule has 0 radical (unpaired) electrons. The van der Waals surface area contributed by atoms with Gasteiger partial charge in [-0.3, -0.25) is 4.98 Å². The Labute approximate surface area is 216 Å². The topological polar surface area (TPSA) is 94.9 Å². The number of rotatable bonds is 5. The molecule has 1 saturated carbocycles. The molecule has 2 fully saturated rings. The molecule has 5 heterocycles. The van der Waals surface area contributed by atoms with Gasteiger partial charge in [0.15, 0.2) is 10.9 Å². The largest absolute Gasteiger partial charge is 0.364 e. The van der Waals surface area contributed by atoms with E-state index in [1.807, 2.05) is 57.8 Å². The molecule has 0 spiro atoms. The van der Waals surface area contributed by atoms with Crippen LogP contribution in [0.15, 0.2) is 29.0 Å². The summed E-state index contributed by atoms with van der Waals surface area (Å²) in [5.74, 6) is 0.308. The fourth-order valence-electron chi connectivity index (χ4n) is 5.04. The summed E-state index contributed by atoms with van der Waals surface area (Å²) in [6, 6.07) is 2.02. The predicted molar refractivity (Wildman–Crippen MR) is 140 cm³/mol. The van der Waals surface area contributed by atoms with Gasteiger partial charge in [0.25, 0.3) is 0 Å². The Morgan fingerprint density at radius 1 is 1.06 bits per heavy atom. The highest BCUT2D eigenvalue weighted by Gasteiger charge is 2.55. The molecule has 0 unspecified atom stereocenters. The molecule has 6 rings (SSSR count). The molecule has 35 heavy (non-hydrogen) atoms. The first-order valence-electron chi connectivity index (χ1n) is 11.5. The van der Waals surface area contributed by atoms with Crippen LogP contribution in [0.2, 0.25) is 0 Å². The summed E-state index contributed by atoms with van der Waals surface area (Å²) in [7, 11) is 0. The van der Waals surface area contributed by atoms with E-state index < -0.39 is 5.79 Å². The summed E-state index contributed by atoms with van der Waals surface area (Å²) in [6.45, 7) is 7.96. The van der Waals surface area contributed by atoms with Gasteiger partial charge < -0.3 is 14.8 Å². The molecular formula is C24H26N6O2S3. The van der Waals surface area contributed by atoms with Crippen LogP contribution in [0, 0.1) is 13.8 Å². The standard InChI is InChI=1S/C24H26N6O2S3/c1-11-16(22-29-17-12(2)25-7-6-15(17)35-22)20(30-23(27-11)33-5)28-14-10-13(21-26-8-9-34-21)18-19(14)32-24(3,4)31-18/h6-9,13-14,18-19H,10H2,1-5H3,(H,27,28,30)/t13-,14+,18+,19-/m0/s1. The quantitative estimate of drug-likeness (QED) is 0.270. The molecule has 4 aromatic heterocycles. The number of fused-ring (bicyclic) bond motifs is 2. The number of thioether (sulfide) groups is 1. The van der Waals surface area contributed by atoms with Gasteiger partial charge in [0.05, 0.1) is 38.8 Å².